The van der Waals surface area contributed by atoms with Crippen molar-refractivity contribution in [2.45, 2.75) is 31.8 Å². The summed E-state index contributed by atoms with van der Waals surface area (Å²) < 4.78 is 39.3. The van der Waals surface area contributed by atoms with Crippen molar-refractivity contribution in [1.29, 1.82) is 0 Å². The van der Waals surface area contributed by atoms with Crippen LogP contribution >= 0.6 is 0 Å². The van der Waals surface area contributed by atoms with E-state index in [1.807, 2.05) is 0 Å². The van der Waals surface area contributed by atoms with Crippen LogP contribution in [0.25, 0.3) is 11.1 Å². The highest BCUT2D eigenvalue weighted by atomic mass is 19.3. The SMILES string of the molecule is CC(C)(C(N)=O)c1ccc(-c2ccc(C(O)C(F)F)cc2)c(F)c1. The molecular weight excluding hydrogens is 319 g/mol. The average molecular weight is 337 g/mol. The standard InChI is InChI=1S/C18H18F3NO2/c1-18(2,17(22)24)12-7-8-13(14(19)9-12)10-3-5-11(6-4-10)15(23)16(20)21/h3-9,15-16,23H,1-2H3,(H2,22,24). The van der Waals surface area contributed by atoms with E-state index in [4.69, 9.17) is 5.73 Å². The number of aliphatic hydroxyl groups is 1. The number of nitrogens with two attached hydrogens (primary N) is 1. The zero-order valence-corrected chi connectivity index (χ0v) is 13.3. The van der Waals surface area contributed by atoms with Gasteiger partial charge in [-0.3, -0.25) is 4.79 Å². The number of benzene rings is 2. The number of hydrogen-bond acceptors (Lipinski definition) is 2. The van der Waals surface area contributed by atoms with Gasteiger partial charge < -0.3 is 10.8 Å². The Morgan fingerprint density at radius 2 is 1.71 bits per heavy atom. The second-order valence-corrected chi connectivity index (χ2v) is 6.09. The summed E-state index contributed by atoms with van der Waals surface area (Å²) >= 11 is 0. The molecule has 0 aliphatic heterocycles. The van der Waals surface area contributed by atoms with Crippen molar-refractivity contribution in [3.8, 4) is 11.1 Å². The molecule has 128 valence electrons. The lowest BCUT2D eigenvalue weighted by molar-refractivity contribution is -0.122. The van der Waals surface area contributed by atoms with Crippen LogP contribution in [-0.4, -0.2) is 17.4 Å². The maximum absolute atomic E-state index is 14.4. The fourth-order valence-corrected chi connectivity index (χ4v) is 2.29. The number of carbonyl (C=O) groups excluding carboxylic acids is 1. The number of rotatable bonds is 5. The summed E-state index contributed by atoms with van der Waals surface area (Å²) in [7, 11) is 0. The van der Waals surface area contributed by atoms with E-state index in [0.717, 1.165) is 0 Å². The van der Waals surface area contributed by atoms with E-state index < -0.39 is 29.7 Å². The maximum atomic E-state index is 14.4. The van der Waals surface area contributed by atoms with Gasteiger partial charge in [-0.25, -0.2) is 13.2 Å². The summed E-state index contributed by atoms with van der Waals surface area (Å²) in [5.41, 5.74) is 5.55. The maximum Gasteiger partial charge on any atom is 0.268 e. The smallest absolute Gasteiger partial charge is 0.268 e. The minimum Gasteiger partial charge on any atom is -0.382 e. The quantitative estimate of drug-likeness (QED) is 0.876. The molecule has 0 fully saturated rings. The molecule has 0 bridgehead atoms. The summed E-state index contributed by atoms with van der Waals surface area (Å²) in [5, 5.41) is 9.32. The van der Waals surface area contributed by atoms with Gasteiger partial charge in [-0.15, -0.1) is 0 Å². The van der Waals surface area contributed by atoms with Crippen LogP contribution in [0, 0.1) is 5.82 Å². The summed E-state index contributed by atoms with van der Waals surface area (Å²) in [5.74, 6) is -1.12. The predicted molar refractivity (Wildman–Crippen MR) is 85.0 cm³/mol. The molecule has 2 aromatic rings. The molecule has 3 nitrogen and oxygen atoms in total. The molecule has 0 spiro atoms. The van der Waals surface area contributed by atoms with Gasteiger partial charge in [0.2, 0.25) is 5.91 Å². The molecule has 24 heavy (non-hydrogen) atoms. The number of halogens is 3. The normalized spacial score (nSPS) is 13.1. The number of aliphatic hydroxyl groups excluding tert-OH is 1. The predicted octanol–water partition coefficient (Wildman–Crippen LogP) is 3.55. The van der Waals surface area contributed by atoms with E-state index in [9.17, 15) is 23.1 Å². The molecule has 0 saturated carbocycles. The minimum atomic E-state index is -2.89. The topological polar surface area (TPSA) is 63.3 Å². The molecule has 1 atom stereocenters. The van der Waals surface area contributed by atoms with Gasteiger partial charge in [-0.1, -0.05) is 36.4 Å². The first-order valence-corrected chi connectivity index (χ1v) is 7.31. The van der Waals surface area contributed by atoms with Crippen LogP contribution in [0.4, 0.5) is 13.2 Å². The Bertz CT molecular complexity index is 742. The molecule has 0 radical (unpaired) electrons. The molecule has 0 aliphatic carbocycles. The molecule has 2 aromatic carbocycles. The molecule has 2 rings (SSSR count). The van der Waals surface area contributed by atoms with Gasteiger partial charge in [0.25, 0.3) is 6.43 Å². The van der Waals surface area contributed by atoms with Gasteiger partial charge >= 0.3 is 0 Å². The van der Waals surface area contributed by atoms with Crippen molar-refractivity contribution in [3.05, 3.63) is 59.4 Å². The number of amides is 1. The highest BCUT2D eigenvalue weighted by Gasteiger charge is 2.28. The first kappa shape index (κ1) is 18.0. The molecule has 0 aliphatic rings. The monoisotopic (exact) mass is 337 g/mol. The Balaban J connectivity index is 2.35. The first-order valence-electron chi connectivity index (χ1n) is 7.31. The third-order valence-corrected chi connectivity index (χ3v) is 4.11. The van der Waals surface area contributed by atoms with Crippen LogP contribution in [0.3, 0.4) is 0 Å². The van der Waals surface area contributed by atoms with Crippen LogP contribution in [0.1, 0.15) is 31.1 Å². The van der Waals surface area contributed by atoms with E-state index in [1.54, 1.807) is 19.9 Å². The second-order valence-electron chi connectivity index (χ2n) is 6.09. The number of carbonyl (C=O) groups is 1. The van der Waals surface area contributed by atoms with Crippen molar-refractivity contribution in [2.75, 3.05) is 0 Å². The lowest BCUT2D eigenvalue weighted by Gasteiger charge is -2.21. The van der Waals surface area contributed by atoms with Crippen LogP contribution in [0.2, 0.25) is 0 Å². The van der Waals surface area contributed by atoms with Gasteiger partial charge in [0.05, 0.1) is 5.41 Å². The largest absolute Gasteiger partial charge is 0.382 e. The summed E-state index contributed by atoms with van der Waals surface area (Å²) in [6.07, 6.45) is -4.76. The van der Waals surface area contributed by atoms with Crippen molar-refractivity contribution in [1.82, 2.24) is 0 Å². The van der Waals surface area contributed by atoms with Crippen LogP contribution in [0.5, 0.6) is 0 Å². The molecule has 1 unspecified atom stereocenters. The number of primary amides is 1. The van der Waals surface area contributed by atoms with Crippen LogP contribution in [-0.2, 0) is 10.2 Å². The fraction of sp³-hybridized carbons (Fsp3) is 0.278. The Hall–Kier alpha value is -2.34. The lowest BCUT2D eigenvalue weighted by Crippen LogP contribution is -2.35. The Morgan fingerprint density at radius 3 is 2.17 bits per heavy atom. The van der Waals surface area contributed by atoms with Crippen molar-refractivity contribution in [2.24, 2.45) is 5.73 Å². The van der Waals surface area contributed by atoms with Crippen LogP contribution in [0.15, 0.2) is 42.5 Å². The van der Waals surface area contributed by atoms with Gasteiger partial charge in [0.15, 0.2) is 0 Å². The second kappa shape index (κ2) is 6.65. The van der Waals surface area contributed by atoms with Gasteiger partial charge in [-0.2, -0.15) is 0 Å². The number of hydrogen-bond donors (Lipinski definition) is 2. The molecule has 0 heterocycles. The molecule has 0 aromatic heterocycles. The Morgan fingerprint density at radius 1 is 1.12 bits per heavy atom. The van der Waals surface area contributed by atoms with E-state index in [2.05, 4.69) is 0 Å². The molecular formula is C18H18F3NO2. The van der Waals surface area contributed by atoms with Gasteiger partial charge in [-0.05, 0) is 36.6 Å². The van der Waals surface area contributed by atoms with E-state index in [1.165, 1.54) is 36.4 Å². The Labute approximate surface area is 137 Å². The van der Waals surface area contributed by atoms with E-state index in [0.29, 0.717) is 11.1 Å². The summed E-state index contributed by atoms with van der Waals surface area (Å²) in [6, 6.07) is 9.91. The van der Waals surface area contributed by atoms with E-state index >= 15 is 0 Å². The zero-order chi connectivity index (χ0) is 18.1. The minimum absolute atomic E-state index is 0.0561. The Kier molecular flexibility index (Phi) is 4.99. The van der Waals surface area contributed by atoms with Gasteiger partial charge in [0, 0.05) is 5.56 Å². The lowest BCUT2D eigenvalue weighted by atomic mass is 9.83. The zero-order valence-electron chi connectivity index (χ0n) is 13.3. The molecule has 0 saturated heterocycles. The summed E-state index contributed by atoms with van der Waals surface area (Å²) in [6.45, 7) is 3.20. The first-order chi connectivity index (χ1) is 11.1. The third kappa shape index (κ3) is 3.43. The summed E-state index contributed by atoms with van der Waals surface area (Å²) in [4.78, 5) is 11.5. The highest BCUT2D eigenvalue weighted by molar-refractivity contribution is 5.86. The number of alkyl halides is 2. The van der Waals surface area contributed by atoms with E-state index in [-0.39, 0.29) is 11.1 Å². The van der Waals surface area contributed by atoms with Crippen molar-refractivity contribution < 1.29 is 23.1 Å². The average Bonchev–Trinajstić information content (AvgIpc) is 2.54. The third-order valence-electron chi connectivity index (χ3n) is 4.11. The highest BCUT2D eigenvalue weighted by Crippen LogP contribution is 2.30. The molecule has 6 heteroatoms. The molecule has 1 amide bonds. The van der Waals surface area contributed by atoms with Crippen LogP contribution < -0.4 is 5.73 Å². The van der Waals surface area contributed by atoms with Gasteiger partial charge in [0.1, 0.15) is 11.9 Å². The molecule has 3 N–H and O–H groups in total. The van der Waals surface area contributed by atoms with Crippen molar-refractivity contribution >= 4 is 5.91 Å². The fourth-order valence-electron chi connectivity index (χ4n) is 2.29. The van der Waals surface area contributed by atoms with Crippen molar-refractivity contribution in [3.63, 3.8) is 0 Å².